The van der Waals surface area contributed by atoms with Crippen LogP contribution in [0.15, 0.2) is 28.8 Å². The largest absolute Gasteiger partial charge is 0.491 e. The number of hydrogen-bond donors (Lipinski definition) is 2. The van der Waals surface area contributed by atoms with Crippen LogP contribution in [0, 0.1) is 0 Å². The summed E-state index contributed by atoms with van der Waals surface area (Å²) in [7, 11) is 0. The second-order valence-corrected chi connectivity index (χ2v) is 8.82. The molecule has 1 aromatic carbocycles. The van der Waals surface area contributed by atoms with E-state index in [0.29, 0.717) is 48.0 Å². The van der Waals surface area contributed by atoms with E-state index in [1.165, 1.54) is 4.90 Å². The quantitative estimate of drug-likeness (QED) is 0.688. The Balaban J connectivity index is 1.75. The normalized spacial score (nSPS) is 18.5. The number of nitrogens with one attached hydrogen (secondary N) is 2. The highest BCUT2D eigenvalue weighted by atomic mass is 35.5. The van der Waals surface area contributed by atoms with Crippen LogP contribution < -0.4 is 15.4 Å². The SMILES string of the molecule is CC(C)c1cc(C(=O)N2CCCCNC(=O)c3cc(Cl)ccc3OC[C@@H](C)NC(=O)C2)on1. The molecule has 0 saturated carbocycles. The molecule has 2 heterocycles. The number of ether oxygens (including phenoxy) is 1. The Labute approximate surface area is 197 Å². The molecule has 2 aromatic rings. The van der Waals surface area contributed by atoms with Crippen LogP contribution in [0.1, 0.15) is 66.1 Å². The Morgan fingerprint density at radius 1 is 1.24 bits per heavy atom. The fourth-order valence-corrected chi connectivity index (χ4v) is 3.52. The smallest absolute Gasteiger partial charge is 0.292 e. The van der Waals surface area contributed by atoms with Crippen molar-refractivity contribution in [3.05, 3.63) is 46.3 Å². The van der Waals surface area contributed by atoms with E-state index in [2.05, 4.69) is 15.8 Å². The van der Waals surface area contributed by atoms with Gasteiger partial charge in [-0.2, -0.15) is 0 Å². The predicted molar refractivity (Wildman–Crippen MR) is 123 cm³/mol. The third-order valence-corrected chi connectivity index (χ3v) is 5.41. The van der Waals surface area contributed by atoms with Crippen molar-refractivity contribution in [3.63, 3.8) is 0 Å². The van der Waals surface area contributed by atoms with Gasteiger partial charge in [-0.3, -0.25) is 14.4 Å². The number of nitrogens with zero attached hydrogens (tertiary/aromatic N) is 2. The van der Waals surface area contributed by atoms with Gasteiger partial charge in [-0.15, -0.1) is 0 Å². The Morgan fingerprint density at radius 2 is 2.03 bits per heavy atom. The first-order chi connectivity index (χ1) is 15.7. The number of fused-ring (bicyclic) bond motifs is 1. The van der Waals surface area contributed by atoms with E-state index in [1.807, 2.05) is 13.8 Å². The number of aromatic nitrogens is 1. The van der Waals surface area contributed by atoms with Gasteiger partial charge in [0, 0.05) is 24.2 Å². The van der Waals surface area contributed by atoms with Crippen molar-refractivity contribution >= 4 is 29.3 Å². The van der Waals surface area contributed by atoms with Crippen LogP contribution in [0.3, 0.4) is 0 Å². The van der Waals surface area contributed by atoms with Gasteiger partial charge in [-0.25, -0.2) is 0 Å². The third-order valence-electron chi connectivity index (χ3n) is 5.18. The first-order valence-electron chi connectivity index (χ1n) is 11.0. The standard InChI is InChI=1S/C23H29ClN4O5/c1-14(2)18-11-20(33-27-18)23(31)28-9-5-4-8-25-22(30)17-10-16(24)6-7-19(17)32-13-15(3)26-21(29)12-28/h6-7,10-11,14-15H,4-5,8-9,12-13H2,1-3H3,(H,25,30)(H,26,29)/t15-/m1/s1. The number of halogens is 1. The number of hydrogen-bond acceptors (Lipinski definition) is 6. The van der Waals surface area contributed by atoms with E-state index in [-0.39, 0.29) is 42.7 Å². The van der Waals surface area contributed by atoms with Gasteiger partial charge < -0.3 is 24.8 Å². The highest BCUT2D eigenvalue weighted by molar-refractivity contribution is 6.31. The van der Waals surface area contributed by atoms with Gasteiger partial charge in [0.15, 0.2) is 0 Å². The number of carbonyl (C=O) groups is 3. The number of amides is 3. The number of carbonyl (C=O) groups excluding carboxylic acids is 3. The Hall–Kier alpha value is -3.07. The summed E-state index contributed by atoms with van der Waals surface area (Å²) in [5, 5.41) is 10.0. The second kappa shape index (κ2) is 11.2. The maximum atomic E-state index is 13.0. The zero-order valence-corrected chi connectivity index (χ0v) is 19.8. The van der Waals surface area contributed by atoms with E-state index >= 15 is 0 Å². The molecule has 178 valence electrons. The molecule has 1 atom stereocenters. The summed E-state index contributed by atoms with van der Waals surface area (Å²) in [6.07, 6.45) is 1.19. The lowest BCUT2D eigenvalue weighted by molar-refractivity contribution is -0.122. The van der Waals surface area contributed by atoms with E-state index < -0.39 is 5.91 Å². The molecule has 0 saturated heterocycles. The molecule has 1 aliphatic rings. The van der Waals surface area contributed by atoms with Crippen molar-refractivity contribution in [2.24, 2.45) is 0 Å². The molecule has 0 aliphatic carbocycles. The number of rotatable bonds is 2. The first kappa shape index (κ1) is 24.6. The van der Waals surface area contributed by atoms with Gasteiger partial charge in [0.2, 0.25) is 11.7 Å². The molecule has 0 spiro atoms. The average Bonchev–Trinajstić information content (AvgIpc) is 3.26. The minimum Gasteiger partial charge on any atom is -0.491 e. The van der Waals surface area contributed by atoms with Crippen LogP contribution in [-0.2, 0) is 4.79 Å². The molecule has 1 aromatic heterocycles. The summed E-state index contributed by atoms with van der Waals surface area (Å²) in [6.45, 7) is 6.42. The van der Waals surface area contributed by atoms with Crippen LogP contribution in [0.4, 0.5) is 0 Å². The summed E-state index contributed by atoms with van der Waals surface area (Å²) in [5.74, 6) is -0.412. The lowest BCUT2D eigenvalue weighted by Gasteiger charge is -2.22. The van der Waals surface area contributed by atoms with Gasteiger partial charge in [-0.05, 0) is 43.9 Å². The molecule has 2 N–H and O–H groups in total. The fourth-order valence-electron chi connectivity index (χ4n) is 3.35. The Kier molecular flexibility index (Phi) is 8.32. The highest BCUT2D eigenvalue weighted by Gasteiger charge is 2.24. The fraction of sp³-hybridized carbons (Fsp3) is 0.478. The monoisotopic (exact) mass is 476 g/mol. The lowest BCUT2D eigenvalue weighted by atomic mass is 10.1. The van der Waals surface area contributed by atoms with Gasteiger partial charge in [0.05, 0.1) is 23.8 Å². The maximum Gasteiger partial charge on any atom is 0.292 e. The highest BCUT2D eigenvalue weighted by Crippen LogP contribution is 2.23. The number of benzene rings is 1. The second-order valence-electron chi connectivity index (χ2n) is 8.38. The molecule has 0 fully saturated rings. The topological polar surface area (TPSA) is 114 Å². The zero-order chi connectivity index (χ0) is 24.0. The summed E-state index contributed by atoms with van der Waals surface area (Å²) in [6, 6.07) is 6.08. The summed E-state index contributed by atoms with van der Waals surface area (Å²) >= 11 is 6.06. The van der Waals surface area contributed by atoms with E-state index in [0.717, 1.165) is 0 Å². The van der Waals surface area contributed by atoms with Crippen molar-refractivity contribution in [2.75, 3.05) is 26.2 Å². The van der Waals surface area contributed by atoms with Crippen molar-refractivity contribution in [2.45, 2.75) is 45.6 Å². The van der Waals surface area contributed by atoms with Crippen LogP contribution in [0.5, 0.6) is 5.75 Å². The summed E-state index contributed by atoms with van der Waals surface area (Å²) in [4.78, 5) is 39.7. The van der Waals surface area contributed by atoms with Gasteiger partial charge in [0.25, 0.3) is 11.8 Å². The predicted octanol–water partition coefficient (Wildman–Crippen LogP) is 3.00. The Morgan fingerprint density at radius 3 is 2.76 bits per heavy atom. The van der Waals surface area contributed by atoms with E-state index in [4.69, 9.17) is 20.9 Å². The summed E-state index contributed by atoms with van der Waals surface area (Å²) in [5.41, 5.74) is 1.01. The molecule has 0 radical (unpaired) electrons. The van der Waals surface area contributed by atoms with Gasteiger partial charge in [0.1, 0.15) is 12.4 Å². The summed E-state index contributed by atoms with van der Waals surface area (Å²) < 4.78 is 11.0. The molecule has 33 heavy (non-hydrogen) atoms. The average molecular weight is 477 g/mol. The molecule has 1 aliphatic heterocycles. The molecular formula is C23H29ClN4O5. The molecule has 0 unspecified atom stereocenters. The molecular weight excluding hydrogens is 448 g/mol. The maximum absolute atomic E-state index is 13.0. The Bertz CT molecular complexity index is 1010. The van der Waals surface area contributed by atoms with Gasteiger partial charge >= 0.3 is 0 Å². The molecule has 10 heteroatoms. The molecule has 3 rings (SSSR count). The lowest BCUT2D eigenvalue weighted by Crippen LogP contribution is -2.45. The van der Waals surface area contributed by atoms with E-state index in [9.17, 15) is 14.4 Å². The van der Waals surface area contributed by atoms with Crippen LogP contribution in [-0.4, -0.2) is 60.1 Å². The zero-order valence-electron chi connectivity index (χ0n) is 19.0. The van der Waals surface area contributed by atoms with Crippen molar-refractivity contribution < 1.29 is 23.6 Å². The molecule has 9 nitrogen and oxygen atoms in total. The van der Waals surface area contributed by atoms with Crippen molar-refractivity contribution in [3.8, 4) is 5.75 Å². The van der Waals surface area contributed by atoms with Crippen LogP contribution in [0.25, 0.3) is 0 Å². The minimum atomic E-state index is -0.399. The molecule has 0 bridgehead atoms. The van der Waals surface area contributed by atoms with Crippen LogP contribution >= 0.6 is 11.6 Å². The minimum absolute atomic E-state index is 0.0985. The van der Waals surface area contributed by atoms with Crippen LogP contribution in [0.2, 0.25) is 5.02 Å². The van der Waals surface area contributed by atoms with Crippen molar-refractivity contribution in [1.29, 1.82) is 0 Å². The van der Waals surface area contributed by atoms with E-state index in [1.54, 1.807) is 31.2 Å². The third kappa shape index (κ3) is 6.71. The van der Waals surface area contributed by atoms with Crippen molar-refractivity contribution in [1.82, 2.24) is 20.7 Å². The molecule has 3 amide bonds. The first-order valence-corrected chi connectivity index (χ1v) is 11.4. The van der Waals surface area contributed by atoms with Gasteiger partial charge in [-0.1, -0.05) is 30.6 Å².